The first-order valence-corrected chi connectivity index (χ1v) is 10.0. The number of methoxy groups -OCH3 is 1. The third-order valence-electron chi connectivity index (χ3n) is 4.36. The lowest BCUT2D eigenvalue weighted by atomic mass is 10.0. The van der Waals surface area contributed by atoms with Crippen LogP contribution in [0.25, 0.3) is 10.8 Å². The molecule has 0 aliphatic rings. The van der Waals surface area contributed by atoms with Crippen LogP contribution >= 0.6 is 11.8 Å². The predicted octanol–water partition coefficient (Wildman–Crippen LogP) is 5.89. The summed E-state index contributed by atoms with van der Waals surface area (Å²) >= 11 is 1.76. The van der Waals surface area contributed by atoms with Gasteiger partial charge in [-0.3, -0.25) is 4.79 Å². The SMILES string of the molecule is CCOC(=O)CCCc1ccc2ccc(OC)cc2c1Sc1ccccc1. The molecule has 0 aliphatic heterocycles. The van der Waals surface area contributed by atoms with Crippen molar-refractivity contribution in [3.05, 3.63) is 66.2 Å². The maximum atomic E-state index is 11.7. The topological polar surface area (TPSA) is 35.5 Å². The van der Waals surface area contributed by atoms with Gasteiger partial charge in [-0.05, 0) is 60.4 Å². The number of hydrogen-bond donors (Lipinski definition) is 0. The molecule has 0 N–H and O–H groups in total. The van der Waals surface area contributed by atoms with Crippen LogP contribution in [0.1, 0.15) is 25.3 Å². The van der Waals surface area contributed by atoms with Crippen LogP contribution in [-0.2, 0) is 16.0 Å². The van der Waals surface area contributed by atoms with Crippen LogP contribution < -0.4 is 4.74 Å². The summed E-state index contributed by atoms with van der Waals surface area (Å²) in [6.45, 7) is 2.27. The van der Waals surface area contributed by atoms with E-state index in [1.54, 1.807) is 18.9 Å². The fourth-order valence-electron chi connectivity index (χ4n) is 3.02. The molecule has 3 aromatic carbocycles. The van der Waals surface area contributed by atoms with Crippen LogP contribution in [-0.4, -0.2) is 19.7 Å². The first-order valence-electron chi connectivity index (χ1n) is 9.19. The van der Waals surface area contributed by atoms with Crippen molar-refractivity contribution < 1.29 is 14.3 Å². The number of rotatable bonds is 8. The lowest BCUT2D eigenvalue weighted by Gasteiger charge is -2.14. The number of fused-ring (bicyclic) bond motifs is 1. The van der Waals surface area contributed by atoms with Gasteiger partial charge in [0.25, 0.3) is 0 Å². The second kappa shape index (κ2) is 9.47. The van der Waals surface area contributed by atoms with Gasteiger partial charge in [-0.25, -0.2) is 0 Å². The fraction of sp³-hybridized carbons (Fsp3) is 0.261. The summed E-state index contributed by atoms with van der Waals surface area (Å²) in [5.74, 6) is 0.721. The molecule has 27 heavy (non-hydrogen) atoms. The summed E-state index contributed by atoms with van der Waals surface area (Å²) in [5, 5.41) is 2.36. The Morgan fingerprint density at radius 2 is 1.81 bits per heavy atom. The molecule has 4 heteroatoms. The van der Waals surface area contributed by atoms with Gasteiger partial charge in [-0.2, -0.15) is 0 Å². The van der Waals surface area contributed by atoms with E-state index in [0.29, 0.717) is 13.0 Å². The monoisotopic (exact) mass is 380 g/mol. The Labute approximate surface area is 164 Å². The molecule has 3 nitrogen and oxygen atoms in total. The molecular formula is C23H24O3S. The van der Waals surface area contributed by atoms with E-state index in [0.717, 1.165) is 18.6 Å². The summed E-state index contributed by atoms with van der Waals surface area (Å²) in [5.41, 5.74) is 1.24. The van der Waals surface area contributed by atoms with Crippen LogP contribution in [0.3, 0.4) is 0 Å². The van der Waals surface area contributed by atoms with Gasteiger partial charge in [0.1, 0.15) is 5.75 Å². The number of carbonyl (C=O) groups excluding carboxylic acids is 1. The first kappa shape index (κ1) is 19.3. The lowest BCUT2D eigenvalue weighted by molar-refractivity contribution is -0.143. The zero-order valence-corrected chi connectivity index (χ0v) is 16.6. The zero-order chi connectivity index (χ0) is 19.1. The summed E-state index contributed by atoms with van der Waals surface area (Å²) in [4.78, 5) is 14.1. The van der Waals surface area contributed by atoms with E-state index in [1.165, 1.54) is 26.1 Å². The van der Waals surface area contributed by atoms with E-state index >= 15 is 0 Å². The maximum absolute atomic E-state index is 11.7. The second-order valence-electron chi connectivity index (χ2n) is 6.21. The van der Waals surface area contributed by atoms with Crippen molar-refractivity contribution in [2.75, 3.05) is 13.7 Å². The molecule has 0 aromatic heterocycles. The Hall–Kier alpha value is -2.46. The van der Waals surface area contributed by atoms with E-state index in [9.17, 15) is 4.79 Å². The first-order chi connectivity index (χ1) is 13.2. The number of aryl methyl sites for hydroxylation is 1. The van der Waals surface area contributed by atoms with Crippen molar-refractivity contribution in [3.63, 3.8) is 0 Å². The van der Waals surface area contributed by atoms with E-state index < -0.39 is 0 Å². The third-order valence-corrected chi connectivity index (χ3v) is 5.55. The second-order valence-corrected chi connectivity index (χ2v) is 7.30. The van der Waals surface area contributed by atoms with Crippen LogP contribution in [0.2, 0.25) is 0 Å². The van der Waals surface area contributed by atoms with Gasteiger partial charge in [-0.1, -0.05) is 48.2 Å². The fourth-order valence-corrected chi connectivity index (χ4v) is 4.14. The van der Waals surface area contributed by atoms with E-state index in [4.69, 9.17) is 9.47 Å². The molecule has 0 amide bonds. The van der Waals surface area contributed by atoms with Crippen molar-refractivity contribution in [3.8, 4) is 5.75 Å². The lowest BCUT2D eigenvalue weighted by Crippen LogP contribution is -2.04. The van der Waals surface area contributed by atoms with Gasteiger partial charge in [0.05, 0.1) is 13.7 Å². The van der Waals surface area contributed by atoms with Gasteiger partial charge in [0.2, 0.25) is 0 Å². The molecule has 0 spiro atoms. The Morgan fingerprint density at radius 3 is 2.56 bits per heavy atom. The average molecular weight is 381 g/mol. The smallest absolute Gasteiger partial charge is 0.305 e. The van der Waals surface area contributed by atoms with Gasteiger partial charge in [-0.15, -0.1) is 0 Å². The van der Waals surface area contributed by atoms with E-state index in [1.807, 2.05) is 19.1 Å². The van der Waals surface area contributed by atoms with Crippen LogP contribution in [0, 0.1) is 0 Å². The predicted molar refractivity (Wildman–Crippen MR) is 111 cm³/mol. The van der Waals surface area contributed by atoms with Gasteiger partial charge in [0, 0.05) is 16.2 Å². The Balaban J connectivity index is 1.93. The Bertz CT molecular complexity index is 906. The molecule has 3 aromatic rings. The summed E-state index contributed by atoms with van der Waals surface area (Å²) < 4.78 is 10.5. The standard InChI is InChI=1S/C23H24O3S/c1-3-26-22(24)11-7-8-18-13-12-17-14-15-19(25-2)16-21(17)23(18)27-20-9-5-4-6-10-20/h4-6,9-10,12-16H,3,7-8,11H2,1-2H3. The molecule has 0 heterocycles. The molecule has 0 saturated carbocycles. The molecule has 0 radical (unpaired) electrons. The molecule has 0 saturated heterocycles. The van der Waals surface area contributed by atoms with E-state index in [2.05, 4.69) is 48.5 Å². The number of esters is 1. The van der Waals surface area contributed by atoms with Crippen LogP contribution in [0.5, 0.6) is 5.75 Å². The molecular weight excluding hydrogens is 356 g/mol. The average Bonchev–Trinajstić information content (AvgIpc) is 2.70. The van der Waals surface area contributed by atoms with Crippen molar-refractivity contribution in [1.29, 1.82) is 0 Å². The zero-order valence-electron chi connectivity index (χ0n) is 15.7. The molecule has 0 fully saturated rings. The highest BCUT2D eigenvalue weighted by Gasteiger charge is 2.12. The van der Waals surface area contributed by atoms with Crippen LogP contribution in [0.15, 0.2) is 70.5 Å². The highest BCUT2D eigenvalue weighted by atomic mass is 32.2. The summed E-state index contributed by atoms with van der Waals surface area (Å²) in [6, 6.07) is 20.8. The van der Waals surface area contributed by atoms with Crippen molar-refractivity contribution in [1.82, 2.24) is 0 Å². The summed E-state index contributed by atoms with van der Waals surface area (Å²) in [6.07, 6.45) is 2.05. The number of hydrogen-bond acceptors (Lipinski definition) is 4. The number of benzene rings is 3. The molecule has 0 bridgehead atoms. The van der Waals surface area contributed by atoms with Crippen molar-refractivity contribution >= 4 is 28.5 Å². The van der Waals surface area contributed by atoms with Gasteiger partial charge in [0.15, 0.2) is 0 Å². The molecule has 0 aliphatic carbocycles. The van der Waals surface area contributed by atoms with Gasteiger partial charge < -0.3 is 9.47 Å². The Kier molecular flexibility index (Phi) is 6.77. The largest absolute Gasteiger partial charge is 0.497 e. The molecule has 0 unspecified atom stereocenters. The molecule has 0 atom stereocenters. The maximum Gasteiger partial charge on any atom is 0.305 e. The van der Waals surface area contributed by atoms with Gasteiger partial charge >= 0.3 is 5.97 Å². The van der Waals surface area contributed by atoms with Crippen molar-refractivity contribution in [2.24, 2.45) is 0 Å². The highest BCUT2D eigenvalue weighted by molar-refractivity contribution is 7.99. The quantitative estimate of drug-likeness (QED) is 0.457. The van der Waals surface area contributed by atoms with Crippen LogP contribution in [0.4, 0.5) is 0 Å². The minimum atomic E-state index is -0.128. The Morgan fingerprint density at radius 1 is 1.04 bits per heavy atom. The number of carbonyl (C=O) groups is 1. The molecule has 140 valence electrons. The minimum absolute atomic E-state index is 0.128. The number of ether oxygens (including phenoxy) is 2. The third kappa shape index (κ3) is 5.04. The minimum Gasteiger partial charge on any atom is -0.497 e. The summed E-state index contributed by atoms with van der Waals surface area (Å²) in [7, 11) is 1.69. The van der Waals surface area contributed by atoms with E-state index in [-0.39, 0.29) is 5.97 Å². The molecule has 3 rings (SSSR count). The van der Waals surface area contributed by atoms with Crippen molar-refractivity contribution in [2.45, 2.75) is 36.0 Å². The highest BCUT2D eigenvalue weighted by Crippen LogP contribution is 2.38. The normalized spacial score (nSPS) is 10.7.